The van der Waals surface area contributed by atoms with Gasteiger partial charge in [0.1, 0.15) is 5.76 Å². The van der Waals surface area contributed by atoms with Crippen molar-refractivity contribution >= 4 is 34.1 Å². The molecule has 0 aliphatic heterocycles. The Morgan fingerprint density at radius 1 is 1.73 bits per heavy atom. The SMILES string of the molecule is O=C(Cl)OC1=CC=CCC1=S. The Labute approximate surface area is 74.5 Å². The van der Waals surface area contributed by atoms with Gasteiger partial charge in [0.2, 0.25) is 0 Å². The number of thiocarbonyl (C=S) groups is 1. The largest absolute Gasteiger partial charge is 0.413 e. The lowest BCUT2D eigenvalue weighted by Gasteiger charge is -2.07. The summed E-state index contributed by atoms with van der Waals surface area (Å²) in [7, 11) is 0. The number of hydrogen-bond donors (Lipinski definition) is 0. The number of allylic oxidation sites excluding steroid dienone is 4. The van der Waals surface area contributed by atoms with Gasteiger partial charge < -0.3 is 4.74 Å². The average molecular weight is 189 g/mol. The van der Waals surface area contributed by atoms with Gasteiger partial charge in [0.05, 0.1) is 4.86 Å². The van der Waals surface area contributed by atoms with Gasteiger partial charge in [-0.25, -0.2) is 4.79 Å². The second-order valence-corrected chi connectivity index (χ2v) is 2.73. The van der Waals surface area contributed by atoms with E-state index in [1.165, 1.54) is 0 Å². The fourth-order valence-corrected chi connectivity index (χ4v) is 0.990. The summed E-state index contributed by atoms with van der Waals surface area (Å²) < 4.78 is 4.60. The van der Waals surface area contributed by atoms with Gasteiger partial charge >= 0.3 is 5.43 Å². The molecule has 0 saturated heterocycles. The number of halogens is 1. The number of hydrogen-bond acceptors (Lipinski definition) is 3. The Hall–Kier alpha value is -0.670. The molecule has 0 bridgehead atoms. The van der Waals surface area contributed by atoms with Gasteiger partial charge in [-0.05, 0) is 6.08 Å². The lowest BCUT2D eigenvalue weighted by molar-refractivity contribution is 0.208. The number of carbonyl (C=O) groups is 1. The first kappa shape index (κ1) is 8.43. The molecule has 1 aliphatic rings. The predicted octanol–water partition coefficient (Wildman–Crippen LogP) is 2.58. The van der Waals surface area contributed by atoms with Gasteiger partial charge in [0.25, 0.3) is 0 Å². The first-order chi connectivity index (χ1) is 5.20. The van der Waals surface area contributed by atoms with Gasteiger partial charge in [-0.15, -0.1) is 0 Å². The van der Waals surface area contributed by atoms with Crippen LogP contribution in [0.2, 0.25) is 0 Å². The molecule has 0 amide bonds. The van der Waals surface area contributed by atoms with Crippen LogP contribution < -0.4 is 0 Å². The van der Waals surface area contributed by atoms with Crippen LogP contribution in [0.4, 0.5) is 4.79 Å². The quantitative estimate of drug-likeness (QED) is 0.467. The molecular formula is C7H5ClO2S. The number of rotatable bonds is 1. The third-order valence-corrected chi connectivity index (χ3v) is 1.60. The molecule has 1 rings (SSSR count). The fraction of sp³-hybridized carbons (Fsp3) is 0.143. The van der Waals surface area contributed by atoms with E-state index in [4.69, 9.17) is 23.8 Å². The molecule has 58 valence electrons. The van der Waals surface area contributed by atoms with Crippen LogP contribution in [-0.2, 0) is 4.74 Å². The van der Waals surface area contributed by atoms with E-state index in [0.29, 0.717) is 17.0 Å². The molecule has 0 aromatic rings. The van der Waals surface area contributed by atoms with E-state index in [9.17, 15) is 4.79 Å². The Kier molecular flexibility index (Phi) is 2.79. The molecule has 0 aromatic heterocycles. The average Bonchev–Trinajstić information content (AvgIpc) is 1.93. The maximum atomic E-state index is 10.3. The van der Waals surface area contributed by atoms with Crippen LogP contribution in [0.25, 0.3) is 0 Å². The van der Waals surface area contributed by atoms with Gasteiger partial charge in [0, 0.05) is 18.0 Å². The second kappa shape index (κ2) is 3.64. The lowest BCUT2D eigenvalue weighted by Crippen LogP contribution is -2.06. The van der Waals surface area contributed by atoms with Crippen LogP contribution in [0.5, 0.6) is 0 Å². The second-order valence-electron chi connectivity index (χ2n) is 1.93. The molecule has 4 heteroatoms. The van der Waals surface area contributed by atoms with Gasteiger partial charge in [-0.3, -0.25) is 0 Å². The Bertz CT molecular complexity index is 255. The highest BCUT2D eigenvalue weighted by molar-refractivity contribution is 7.80. The molecule has 0 heterocycles. The van der Waals surface area contributed by atoms with Crippen molar-refractivity contribution in [2.75, 3.05) is 0 Å². The first-order valence-corrected chi connectivity index (χ1v) is 3.76. The molecule has 0 spiro atoms. The molecule has 2 nitrogen and oxygen atoms in total. The highest BCUT2D eigenvalue weighted by atomic mass is 35.5. The van der Waals surface area contributed by atoms with Crippen molar-refractivity contribution in [1.29, 1.82) is 0 Å². The summed E-state index contributed by atoms with van der Waals surface area (Å²) in [6, 6.07) is 0. The highest BCUT2D eigenvalue weighted by Crippen LogP contribution is 2.12. The predicted molar refractivity (Wildman–Crippen MR) is 46.8 cm³/mol. The summed E-state index contributed by atoms with van der Waals surface area (Å²) in [4.78, 5) is 10.9. The van der Waals surface area contributed by atoms with Crippen molar-refractivity contribution in [3.63, 3.8) is 0 Å². The van der Waals surface area contributed by atoms with Gasteiger partial charge in [0.15, 0.2) is 0 Å². The zero-order valence-electron chi connectivity index (χ0n) is 5.54. The summed E-state index contributed by atoms with van der Waals surface area (Å²) in [6.45, 7) is 0. The van der Waals surface area contributed by atoms with Crippen molar-refractivity contribution in [2.24, 2.45) is 0 Å². The third kappa shape index (κ3) is 2.44. The summed E-state index contributed by atoms with van der Waals surface area (Å²) in [5.41, 5.74) is -0.853. The van der Waals surface area contributed by atoms with E-state index in [1.54, 1.807) is 12.2 Å². The lowest BCUT2D eigenvalue weighted by atomic mass is 10.2. The maximum Gasteiger partial charge on any atom is 0.409 e. The highest BCUT2D eigenvalue weighted by Gasteiger charge is 2.10. The van der Waals surface area contributed by atoms with Crippen molar-refractivity contribution in [3.05, 3.63) is 24.0 Å². The molecule has 0 radical (unpaired) electrons. The summed E-state index contributed by atoms with van der Waals surface area (Å²) in [6.07, 6.45) is 5.90. The molecule has 0 atom stereocenters. The van der Waals surface area contributed by atoms with Crippen molar-refractivity contribution in [2.45, 2.75) is 6.42 Å². The summed E-state index contributed by atoms with van der Waals surface area (Å²) in [5, 5.41) is 0. The normalized spacial score (nSPS) is 16.1. The maximum absolute atomic E-state index is 10.3. The topological polar surface area (TPSA) is 26.3 Å². The molecule has 0 aromatic carbocycles. The molecule has 0 saturated carbocycles. The van der Waals surface area contributed by atoms with E-state index in [0.717, 1.165) is 0 Å². The molecule has 11 heavy (non-hydrogen) atoms. The van der Waals surface area contributed by atoms with Crippen LogP contribution >= 0.6 is 23.8 Å². The van der Waals surface area contributed by atoms with E-state index < -0.39 is 5.43 Å². The standard InChI is InChI=1S/C7H5ClO2S/c8-7(9)10-5-3-1-2-4-6(5)11/h1-3H,4H2. The van der Waals surface area contributed by atoms with Crippen LogP contribution in [-0.4, -0.2) is 10.3 Å². The minimum atomic E-state index is -0.853. The van der Waals surface area contributed by atoms with Gasteiger partial charge in [-0.2, -0.15) is 0 Å². The third-order valence-electron chi connectivity index (χ3n) is 1.15. The van der Waals surface area contributed by atoms with Gasteiger partial charge in [-0.1, -0.05) is 24.4 Å². The Morgan fingerprint density at radius 2 is 2.45 bits per heavy atom. The van der Waals surface area contributed by atoms with Crippen LogP contribution in [0, 0.1) is 0 Å². The van der Waals surface area contributed by atoms with Crippen molar-refractivity contribution in [1.82, 2.24) is 0 Å². The van der Waals surface area contributed by atoms with E-state index >= 15 is 0 Å². The Balaban J connectivity index is 2.68. The smallest absolute Gasteiger partial charge is 0.409 e. The Morgan fingerprint density at radius 3 is 3.00 bits per heavy atom. The monoisotopic (exact) mass is 188 g/mol. The molecule has 0 fully saturated rings. The molecule has 0 N–H and O–H groups in total. The zero-order valence-corrected chi connectivity index (χ0v) is 7.11. The minimum Gasteiger partial charge on any atom is -0.413 e. The van der Waals surface area contributed by atoms with Crippen LogP contribution in [0.1, 0.15) is 6.42 Å². The summed E-state index contributed by atoms with van der Waals surface area (Å²) >= 11 is 9.88. The zero-order chi connectivity index (χ0) is 8.27. The van der Waals surface area contributed by atoms with E-state index in [1.807, 2.05) is 6.08 Å². The van der Waals surface area contributed by atoms with E-state index in [-0.39, 0.29) is 0 Å². The minimum absolute atomic E-state index is 0.377. The molecular weight excluding hydrogens is 184 g/mol. The molecule has 1 aliphatic carbocycles. The summed E-state index contributed by atoms with van der Waals surface area (Å²) in [5.74, 6) is 0.377. The van der Waals surface area contributed by atoms with Crippen LogP contribution in [0.15, 0.2) is 24.0 Å². The van der Waals surface area contributed by atoms with Crippen molar-refractivity contribution < 1.29 is 9.53 Å². The van der Waals surface area contributed by atoms with Crippen LogP contribution in [0.3, 0.4) is 0 Å². The fourth-order valence-electron chi connectivity index (χ4n) is 0.701. The number of ether oxygens (including phenoxy) is 1. The number of carbonyl (C=O) groups excluding carboxylic acids is 1. The molecule has 0 unspecified atom stereocenters. The van der Waals surface area contributed by atoms with Crippen molar-refractivity contribution in [3.8, 4) is 0 Å². The first-order valence-electron chi connectivity index (χ1n) is 2.97. The van der Waals surface area contributed by atoms with E-state index in [2.05, 4.69) is 4.74 Å².